The van der Waals surface area contributed by atoms with Crippen LogP contribution in [0.2, 0.25) is 0 Å². The molecule has 0 aliphatic rings. The van der Waals surface area contributed by atoms with Gasteiger partial charge in [0.05, 0.1) is 18.4 Å². The molecule has 0 spiro atoms. The molecule has 188 valence electrons. The summed E-state index contributed by atoms with van der Waals surface area (Å²) in [6.07, 6.45) is 1.84. The molecule has 2 aromatic rings. The van der Waals surface area contributed by atoms with E-state index in [0.29, 0.717) is 43.6 Å². The second-order valence-corrected chi connectivity index (χ2v) is 9.27. The van der Waals surface area contributed by atoms with Gasteiger partial charge in [-0.3, -0.25) is 14.4 Å². The van der Waals surface area contributed by atoms with Gasteiger partial charge in [-0.1, -0.05) is 50.6 Å². The molecule has 7 nitrogen and oxygen atoms in total. The Kier molecular flexibility index (Phi) is 10.6. The fraction of sp³-hybridized carbons (Fsp3) is 0.429. The first-order valence-corrected chi connectivity index (χ1v) is 12.0. The van der Waals surface area contributed by atoms with E-state index in [1.165, 1.54) is 0 Å². The van der Waals surface area contributed by atoms with Gasteiger partial charge in [-0.05, 0) is 67.0 Å². The third-order valence-electron chi connectivity index (χ3n) is 6.18. The summed E-state index contributed by atoms with van der Waals surface area (Å²) in [5.74, 6) is -1.83. The van der Waals surface area contributed by atoms with Gasteiger partial charge in [0.25, 0.3) is 5.91 Å². The molecule has 2 rings (SSSR count). The molecule has 2 atom stereocenters. The Morgan fingerprint density at radius 3 is 2.17 bits per heavy atom. The van der Waals surface area contributed by atoms with Gasteiger partial charge in [0.1, 0.15) is 6.29 Å². The molecule has 1 unspecified atom stereocenters. The predicted molar refractivity (Wildman–Crippen MR) is 136 cm³/mol. The molecule has 35 heavy (non-hydrogen) atoms. The molecule has 0 fully saturated rings. The van der Waals surface area contributed by atoms with Crippen LogP contribution in [0, 0.1) is 13.8 Å². The lowest BCUT2D eigenvalue weighted by Gasteiger charge is -2.20. The predicted octanol–water partition coefficient (Wildman–Crippen LogP) is 4.27. The first-order chi connectivity index (χ1) is 16.6. The van der Waals surface area contributed by atoms with Crippen molar-refractivity contribution >= 4 is 24.1 Å². The number of amides is 2. The van der Waals surface area contributed by atoms with Crippen LogP contribution in [0.1, 0.15) is 84.0 Å². The number of unbranched alkanes of at least 4 members (excludes halogenated alkanes) is 1. The zero-order valence-electron chi connectivity index (χ0n) is 21.0. The molecule has 0 aromatic heterocycles. The lowest BCUT2D eigenvalue weighted by molar-refractivity contribution is -0.138. The average molecular weight is 481 g/mol. The molecule has 0 aliphatic heterocycles. The monoisotopic (exact) mass is 480 g/mol. The van der Waals surface area contributed by atoms with Crippen molar-refractivity contribution in [2.45, 2.75) is 71.3 Å². The summed E-state index contributed by atoms with van der Waals surface area (Å²) in [6.45, 7) is 8.62. The fourth-order valence-electron chi connectivity index (χ4n) is 3.83. The van der Waals surface area contributed by atoms with Crippen LogP contribution in [-0.2, 0) is 14.4 Å². The third kappa shape index (κ3) is 8.67. The average Bonchev–Trinajstić information content (AvgIpc) is 2.82. The number of carboxylic acids is 1. The van der Waals surface area contributed by atoms with Gasteiger partial charge >= 0.3 is 5.97 Å². The largest absolute Gasteiger partial charge is 0.481 e. The summed E-state index contributed by atoms with van der Waals surface area (Å²) in [5.41, 5.74) is 4.78. The second kappa shape index (κ2) is 13.4. The second-order valence-electron chi connectivity index (χ2n) is 9.27. The van der Waals surface area contributed by atoms with Crippen LogP contribution >= 0.6 is 0 Å². The molecular weight excluding hydrogens is 444 g/mol. The molecule has 0 aliphatic carbocycles. The first kappa shape index (κ1) is 27.8. The van der Waals surface area contributed by atoms with Gasteiger partial charge in [0.2, 0.25) is 5.91 Å². The van der Waals surface area contributed by atoms with Crippen molar-refractivity contribution < 1.29 is 24.3 Å². The summed E-state index contributed by atoms with van der Waals surface area (Å²) in [6, 6.07) is 12.3. The quantitative estimate of drug-likeness (QED) is 0.293. The Morgan fingerprint density at radius 2 is 1.60 bits per heavy atom. The zero-order valence-corrected chi connectivity index (χ0v) is 21.0. The Morgan fingerprint density at radius 1 is 0.943 bits per heavy atom. The molecular formula is C28H36N2O5. The number of nitrogens with one attached hydrogen (secondary N) is 2. The molecule has 2 aromatic carbocycles. The number of benzene rings is 2. The fourth-order valence-corrected chi connectivity index (χ4v) is 3.83. The lowest BCUT2D eigenvalue weighted by Crippen LogP contribution is -2.40. The number of rotatable bonds is 13. The Bertz CT molecular complexity index is 1030. The standard InChI is InChI=1S/C28H36N2O5/c1-18(2)21-10-12-22(13-11-21)25(28(35)30-24(17-31)16-26(32)33)7-5-6-14-29-27(34)23-9-8-19(3)20(4)15-23/h8-13,15,17-18,24-25H,5-7,14,16H2,1-4H3,(H,29,34)(H,30,35)(H,32,33)/t24-,25?/m0/s1. The molecule has 0 saturated carbocycles. The molecule has 0 saturated heterocycles. The van der Waals surface area contributed by atoms with Crippen LogP contribution in [0.3, 0.4) is 0 Å². The number of aryl methyl sites for hydroxylation is 2. The summed E-state index contributed by atoms with van der Waals surface area (Å²) in [4.78, 5) is 47.6. The minimum absolute atomic E-state index is 0.130. The molecule has 7 heteroatoms. The first-order valence-electron chi connectivity index (χ1n) is 12.0. The van der Waals surface area contributed by atoms with E-state index in [1.54, 1.807) is 6.07 Å². The van der Waals surface area contributed by atoms with Crippen molar-refractivity contribution in [3.05, 3.63) is 70.3 Å². The Hall–Kier alpha value is -3.48. The van der Waals surface area contributed by atoms with Gasteiger partial charge < -0.3 is 20.5 Å². The SMILES string of the molecule is Cc1ccc(C(=O)NCCCCC(C(=O)N[C@H](C=O)CC(=O)O)c2ccc(C(C)C)cc2)cc1C. The number of carboxylic acid groups (broad SMARTS) is 1. The maximum absolute atomic E-state index is 13.0. The van der Waals surface area contributed by atoms with Gasteiger partial charge in [-0.15, -0.1) is 0 Å². The lowest BCUT2D eigenvalue weighted by atomic mass is 9.90. The molecule has 3 N–H and O–H groups in total. The Labute approximate surface area is 207 Å². The minimum atomic E-state index is -1.15. The van der Waals surface area contributed by atoms with Crippen molar-refractivity contribution in [2.24, 2.45) is 0 Å². The van der Waals surface area contributed by atoms with E-state index in [1.807, 2.05) is 50.2 Å². The summed E-state index contributed by atoms with van der Waals surface area (Å²) < 4.78 is 0. The van der Waals surface area contributed by atoms with Gasteiger partial charge in [0, 0.05) is 12.1 Å². The number of aldehydes is 1. The van der Waals surface area contributed by atoms with Crippen LogP contribution in [0.15, 0.2) is 42.5 Å². The van der Waals surface area contributed by atoms with E-state index in [9.17, 15) is 19.2 Å². The van der Waals surface area contributed by atoms with Crippen molar-refractivity contribution in [2.75, 3.05) is 6.54 Å². The summed E-state index contributed by atoms with van der Waals surface area (Å²) in [7, 11) is 0. The number of aliphatic carboxylic acids is 1. The number of hydrogen-bond acceptors (Lipinski definition) is 4. The highest BCUT2D eigenvalue weighted by atomic mass is 16.4. The van der Waals surface area contributed by atoms with Crippen LogP contribution in [0.25, 0.3) is 0 Å². The smallest absolute Gasteiger partial charge is 0.305 e. The van der Waals surface area contributed by atoms with Crippen LogP contribution < -0.4 is 10.6 Å². The zero-order chi connectivity index (χ0) is 26.0. The van der Waals surface area contributed by atoms with E-state index >= 15 is 0 Å². The molecule has 2 amide bonds. The Balaban J connectivity index is 2.00. The van der Waals surface area contributed by atoms with Crippen LogP contribution in [0.5, 0.6) is 0 Å². The van der Waals surface area contributed by atoms with Crippen molar-refractivity contribution in [3.8, 4) is 0 Å². The van der Waals surface area contributed by atoms with Crippen molar-refractivity contribution in [1.82, 2.24) is 10.6 Å². The summed E-state index contributed by atoms with van der Waals surface area (Å²) >= 11 is 0. The van der Waals surface area contributed by atoms with Gasteiger partial charge in [0.15, 0.2) is 0 Å². The van der Waals surface area contributed by atoms with Gasteiger partial charge in [-0.2, -0.15) is 0 Å². The molecule has 0 bridgehead atoms. The highest BCUT2D eigenvalue weighted by molar-refractivity contribution is 5.94. The van der Waals surface area contributed by atoms with E-state index < -0.39 is 24.3 Å². The number of hydrogen-bond donors (Lipinski definition) is 3. The van der Waals surface area contributed by atoms with Gasteiger partial charge in [-0.25, -0.2) is 0 Å². The molecule has 0 radical (unpaired) electrons. The maximum Gasteiger partial charge on any atom is 0.305 e. The van der Waals surface area contributed by atoms with Crippen molar-refractivity contribution in [1.29, 1.82) is 0 Å². The number of carbonyl (C=O) groups is 4. The normalized spacial score (nSPS) is 12.6. The summed E-state index contributed by atoms with van der Waals surface area (Å²) in [5, 5.41) is 14.5. The van der Waals surface area contributed by atoms with Crippen molar-refractivity contribution in [3.63, 3.8) is 0 Å². The molecule has 0 heterocycles. The number of carbonyl (C=O) groups excluding carboxylic acids is 3. The van der Waals surface area contributed by atoms with Crippen LogP contribution in [-0.4, -0.2) is 41.8 Å². The highest BCUT2D eigenvalue weighted by Crippen LogP contribution is 2.25. The third-order valence-corrected chi connectivity index (χ3v) is 6.18. The highest BCUT2D eigenvalue weighted by Gasteiger charge is 2.24. The van der Waals surface area contributed by atoms with E-state index in [-0.39, 0.29) is 11.8 Å². The topological polar surface area (TPSA) is 113 Å². The minimum Gasteiger partial charge on any atom is -0.481 e. The van der Waals surface area contributed by atoms with E-state index in [0.717, 1.165) is 22.3 Å². The van der Waals surface area contributed by atoms with E-state index in [2.05, 4.69) is 24.5 Å². The van der Waals surface area contributed by atoms with Crippen LogP contribution in [0.4, 0.5) is 0 Å². The van der Waals surface area contributed by atoms with E-state index in [4.69, 9.17) is 5.11 Å². The maximum atomic E-state index is 13.0.